The van der Waals surface area contributed by atoms with Crippen LogP contribution in [0.25, 0.3) is 0 Å². The van der Waals surface area contributed by atoms with E-state index in [1.807, 2.05) is 13.8 Å². The summed E-state index contributed by atoms with van der Waals surface area (Å²) in [7, 11) is 0. The smallest absolute Gasteiger partial charge is 0.213 e. The fourth-order valence-corrected chi connectivity index (χ4v) is 0.951. The maximum atomic E-state index is 12.6. The first-order chi connectivity index (χ1) is 5.61. The van der Waals surface area contributed by atoms with Gasteiger partial charge in [-0.3, -0.25) is 0 Å². The normalized spacial score (nSPS) is 13.4. The summed E-state index contributed by atoms with van der Waals surface area (Å²) in [5.74, 6) is -0.192. The van der Waals surface area contributed by atoms with E-state index in [1.54, 1.807) is 12.1 Å². The molecule has 2 nitrogen and oxygen atoms in total. The summed E-state index contributed by atoms with van der Waals surface area (Å²) < 4.78 is 12.6. The Labute approximate surface area is 71.6 Å². The van der Waals surface area contributed by atoms with Crippen LogP contribution in [-0.2, 0) is 0 Å². The van der Waals surface area contributed by atoms with Gasteiger partial charge in [-0.25, -0.2) is 4.98 Å². The van der Waals surface area contributed by atoms with Crippen molar-refractivity contribution in [3.8, 4) is 0 Å². The molecule has 1 atom stereocenters. The standard InChI is InChI=1S/C9H13FN2/c1-6(2)9(11)7-4-3-5-8(10)12-7/h3-6,9H,11H2,1-2H3/t9-/m0/s1. The van der Waals surface area contributed by atoms with E-state index >= 15 is 0 Å². The molecule has 12 heavy (non-hydrogen) atoms. The molecule has 0 spiro atoms. The largest absolute Gasteiger partial charge is 0.322 e. The van der Waals surface area contributed by atoms with Crippen molar-refractivity contribution >= 4 is 0 Å². The Bertz CT molecular complexity index is 260. The summed E-state index contributed by atoms with van der Waals surface area (Å²) in [6.45, 7) is 3.97. The van der Waals surface area contributed by atoms with Crippen LogP contribution in [0.15, 0.2) is 18.2 Å². The number of pyridine rings is 1. The fraction of sp³-hybridized carbons (Fsp3) is 0.444. The number of hydrogen-bond donors (Lipinski definition) is 1. The molecule has 0 saturated heterocycles. The van der Waals surface area contributed by atoms with Crippen LogP contribution in [0, 0.1) is 11.9 Å². The molecule has 1 heterocycles. The molecule has 0 radical (unpaired) electrons. The number of aromatic nitrogens is 1. The van der Waals surface area contributed by atoms with Crippen LogP contribution in [0.5, 0.6) is 0 Å². The average Bonchev–Trinajstić information content (AvgIpc) is 2.03. The zero-order valence-corrected chi connectivity index (χ0v) is 7.29. The summed E-state index contributed by atoms with van der Waals surface area (Å²) in [5.41, 5.74) is 6.39. The van der Waals surface area contributed by atoms with Crippen molar-refractivity contribution in [2.24, 2.45) is 11.7 Å². The summed E-state index contributed by atoms with van der Waals surface area (Å²) in [6, 6.07) is 4.50. The maximum absolute atomic E-state index is 12.6. The Morgan fingerprint density at radius 2 is 2.08 bits per heavy atom. The summed E-state index contributed by atoms with van der Waals surface area (Å²) in [6.07, 6.45) is 0. The van der Waals surface area contributed by atoms with Gasteiger partial charge in [0.1, 0.15) is 0 Å². The predicted octanol–water partition coefficient (Wildman–Crippen LogP) is 1.88. The first-order valence-corrected chi connectivity index (χ1v) is 3.99. The number of nitrogens with two attached hydrogens (primary N) is 1. The lowest BCUT2D eigenvalue weighted by atomic mass is 10.0. The molecule has 0 aliphatic heterocycles. The van der Waals surface area contributed by atoms with Crippen molar-refractivity contribution in [2.75, 3.05) is 0 Å². The molecule has 0 aliphatic rings. The van der Waals surface area contributed by atoms with E-state index in [2.05, 4.69) is 4.98 Å². The van der Waals surface area contributed by atoms with E-state index < -0.39 is 5.95 Å². The Morgan fingerprint density at radius 3 is 2.58 bits per heavy atom. The van der Waals surface area contributed by atoms with Crippen LogP contribution >= 0.6 is 0 Å². The predicted molar refractivity (Wildman–Crippen MR) is 46.0 cm³/mol. The van der Waals surface area contributed by atoms with Gasteiger partial charge in [0, 0.05) is 6.04 Å². The lowest BCUT2D eigenvalue weighted by Crippen LogP contribution is -2.18. The van der Waals surface area contributed by atoms with Gasteiger partial charge in [0.05, 0.1) is 5.69 Å². The zero-order chi connectivity index (χ0) is 9.14. The van der Waals surface area contributed by atoms with Gasteiger partial charge in [0.2, 0.25) is 5.95 Å². The first-order valence-electron chi connectivity index (χ1n) is 3.99. The van der Waals surface area contributed by atoms with Crippen molar-refractivity contribution in [3.05, 3.63) is 29.8 Å². The number of halogens is 1. The van der Waals surface area contributed by atoms with E-state index in [1.165, 1.54) is 6.07 Å². The van der Waals surface area contributed by atoms with Crippen LogP contribution in [0.4, 0.5) is 4.39 Å². The van der Waals surface area contributed by atoms with Gasteiger partial charge in [-0.1, -0.05) is 19.9 Å². The van der Waals surface area contributed by atoms with Gasteiger partial charge in [0.25, 0.3) is 0 Å². The van der Waals surface area contributed by atoms with E-state index in [0.29, 0.717) is 5.69 Å². The number of hydrogen-bond acceptors (Lipinski definition) is 2. The van der Waals surface area contributed by atoms with Crippen LogP contribution < -0.4 is 5.73 Å². The minimum Gasteiger partial charge on any atom is -0.322 e. The minimum atomic E-state index is -0.469. The molecule has 1 aromatic rings. The molecule has 1 aromatic heterocycles. The highest BCUT2D eigenvalue weighted by Gasteiger charge is 2.11. The van der Waals surface area contributed by atoms with Crippen LogP contribution in [-0.4, -0.2) is 4.98 Å². The molecule has 0 bridgehead atoms. The van der Waals surface area contributed by atoms with Crippen molar-refractivity contribution in [3.63, 3.8) is 0 Å². The third kappa shape index (κ3) is 2.01. The van der Waals surface area contributed by atoms with Crippen LogP contribution in [0.3, 0.4) is 0 Å². The van der Waals surface area contributed by atoms with Gasteiger partial charge in [0.15, 0.2) is 0 Å². The lowest BCUT2D eigenvalue weighted by molar-refractivity contribution is 0.487. The second-order valence-corrected chi connectivity index (χ2v) is 3.15. The van der Waals surface area contributed by atoms with Gasteiger partial charge >= 0.3 is 0 Å². The quantitative estimate of drug-likeness (QED) is 0.685. The molecule has 0 aromatic carbocycles. The Hall–Kier alpha value is -0.960. The first kappa shape index (κ1) is 9.13. The second-order valence-electron chi connectivity index (χ2n) is 3.15. The van der Waals surface area contributed by atoms with E-state index in [9.17, 15) is 4.39 Å². The highest BCUT2D eigenvalue weighted by molar-refractivity contribution is 5.09. The van der Waals surface area contributed by atoms with Crippen molar-refractivity contribution in [1.29, 1.82) is 0 Å². The van der Waals surface area contributed by atoms with Crippen LogP contribution in [0.1, 0.15) is 25.6 Å². The third-order valence-electron chi connectivity index (χ3n) is 1.80. The monoisotopic (exact) mass is 168 g/mol. The molecule has 0 amide bonds. The van der Waals surface area contributed by atoms with Gasteiger partial charge < -0.3 is 5.73 Å². The van der Waals surface area contributed by atoms with E-state index in [0.717, 1.165) is 0 Å². The van der Waals surface area contributed by atoms with Crippen LogP contribution in [0.2, 0.25) is 0 Å². The molecule has 2 N–H and O–H groups in total. The molecule has 0 unspecified atom stereocenters. The van der Waals surface area contributed by atoms with E-state index in [-0.39, 0.29) is 12.0 Å². The van der Waals surface area contributed by atoms with Gasteiger partial charge in [-0.2, -0.15) is 4.39 Å². The molecule has 0 aliphatic carbocycles. The maximum Gasteiger partial charge on any atom is 0.213 e. The summed E-state index contributed by atoms with van der Waals surface area (Å²) >= 11 is 0. The highest BCUT2D eigenvalue weighted by atomic mass is 19.1. The Balaban J connectivity index is 2.88. The summed E-state index contributed by atoms with van der Waals surface area (Å²) in [4.78, 5) is 3.70. The molecular formula is C9H13FN2. The Morgan fingerprint density at radius 1 is 1.42 bits per heavy atom. The topological polar surface area (TPSA) is 38.9 Å². The number of rotatable bonds is 2. The van der Waals surface area contributed by atoms with Gasteiger partial charge in [-0.15, -0.1) is 0 Å². The molecule has 66 valence electrons. The SMILES string of the molecule is CC(C)[C@H](N)c1cccc(F)n1. The molecular weight excluding hydrogens is 155 g/mol. The molecule has 1 rings (SSSR count). The molecule has 0 saturated carbocycles. The summed E-state index contributed by atoms with van der Waals surface area (Å²) in [5, 5.41) is 0. The number of nitrogens with zero attached hydrogens (tertiary/aromatic N) is 1. The fourth-order valence-electron chi connectivity index (χ4n) is 0.951. The molecule has 0 fully saturated rings. The van der Waals surface area contributed by atoms with Crippen molar-refractivity contribution in [2.45, 2.75) is 19.9 Å². The third-order valence-corrected chi connectivity index (χ3v) is 1.80. The van der Waals surface area contributed by atoms with Crippen molar-refractivity contribution in [1.82, 2.24) is 4.98 Å². The minimum absolute atomic E-state index is 0.180. The van der Waals surface area contributed by atoms with Gasteiger partial charge in [-0.05, 0) is 18.1 Å². The van der Waals surface area contributed by atoms with E-state index in [4.69, 9.17) is 5.73 Å². The lowest BCUT2D eigenvalue weighted by Gasteiger charge is -2.14. The Kier molecular flexibility index (Phi) is 2.76. The van der Waals surface area contributed by atoms with Crippen molar-refractivity contribution < 1.29 is 4.39 Å². The highest BCUT2D eigenvalue weighted by Crippen LogP contribution is 2.16. The zero-order valence-electron chi connectivity index (χ0n) is 7.29. The average molecular weight is 168 g/mol. The second kappa shape index (κ2) is 3.63. The molecule has 3 heteroatoms.